The van der Waals surface area contributed by atoms with Gasteiger partial charge >= 0.3 is 6.09 Å². The molecule has 12 nitrogen and oxygen atoms in total. The highest BCUT2D eigenvalue weighted by Crippen LogP contribution is 2.47. The van der Waals surface area contributed by atoms with Gasteiger partial charge in [0.25, 0.3) is 0 Å². The molecule has 0 aromatic heterocycles. The fourth-order valence-electron chi connectivity index (χ4n) is 6.97. The lowest BCUT2D eigenvalue weighted by Crippen LogP contribution is -2.59. The fourth-order valence-corrected chi connectivity index (χ4v) is 6.97. The van der Waals surface area contributed by atoms with Gasteiger partial charge in [0, 0.05) is 32.0 Å². The van der Waals surface area contributed by atoms with Gasteiger partial charge in [-0.05, 0) is 64.9 Å². The van der Waals surface area contributed by atoms with Gasteiger partial charge in [-0.15, -0.1) is 0 Å². The topological polar surface area (TPSA) is 157 Å². The molecule has 0 spiro atoms. The second kappa shape index (κ2) is 14.5. The Bertz CT molecular complexity index is 1360. The number of hydrogen-bond acceptors (Lipinski definition) is 7. The van der Waals surface area contributed by atoms with E-state index in [1.807, 2.05) is 42.5 Å². The lowest BCUT2D eigenvalue weighted by Gasteiger charge is -2.32. The van der Waals surface area contributed by atoms with Crippen molar-refractivity contribution in [2.24, 2.45) is 5.92 Å². The molecule has 3 heterocycles. The van der Waals surface area contributed by atoms with E-state index < -0.39 is 53.3 Å². The summed E-state index contributed by atoms with van der Waals surface area (Å²) in [5.41, 5.74) is -1.05. The van der Waals surface area contributed by atoms with E-state index in [4.69, 9.17) is 4.74 Å². The molecule has 3 aliphatic heterocycles. The van der Waals surface area contributed by atoms with Crippen LogP contribution in [-0.4, -0.2) is 93.1 Å². The van der Waals surface area contributed by atoms with E-state index in [1.54, 1.807) is 25.7 Å². The molecule has 47 heavy (non-hydrogen) atoms. The smallest absolute Gasteiger partial charge is 0.408 e. The number of nitrogens with one attached hydrogen (secondary N) is 3. The van der Waals surface area contributed by atoms with Crippen molar-refractivity contribution in [3.63, 3.8) is 0 Å². The van der Waals surface area contributed by atoms with Gasteiger partial charge < -0.3 is 35.6 Å². The Labute approximate surface area is 276 Å². The van der Waals surface area contributed by atoms with Crippen molar-refractivity contribution >= 4 is 29.7 Å². The SMILES string of the molecule is CC(C)(C)OC(=O)N[C@H]1CCCCC/C=C\[C@@H]2C[C@@]2(C(=O)N2CCC[C@@H]2C(=O)NCc2ccccc2)NC(=O)[C@@H]2C[C@@H](O)CN2C1=O. The highest BCUT2D eigenvalue weighted by Gasteiger charge is 2.63. The molecule has 0 radical (unpaired) electrons. The zero-order valence-electron chi connectivity index (χ0n) is 27.7. The molecule has 0 bridgehead atoms. The number of benzene rings is 1. The zero-order valence-corrected chi connectivity index (χ0v) is 27.7. The second-order valence-corrected chi connectivity index (χ2v) is 14.3. The van der Waals surface area contributed by atoms with Gasteiger partial charge in [0.15, 0.2) is 0 Å². The summed E-state index contributed by atoms with van der Waals surface area (Å²) in [6, 6.07) is 6.96. The number of fused-ring (bicyclic) bond motifs is 2. The molecule has 5 rings (SSSR count). The minimum Gasteiger partial charge on any atom is -0.444 e. The zero-order chi connectivity index (χ0) is 33.8. The molecule has 0 unspecified atom stereocenters. The number of allylic oxidation sites excluding steroid dienone is 1. The van der Waals surface area contributed by atoms with Crippen LogP contribution in [0.3, 0.4) is 0 Å². The molecule has 12 heteroatoms. The quantitative estimate of drug-likeness (QED) is 0.357. The number of aliphatic hydroxyl groups excluding tert-OH is 1. The summed E-state index contributed by atoms with van der Waals surface area (Å²) in [6.07, 6.45) is 7.41. The number of nitrogens with zero attached hydrogens (tertiary/aromatic N) is 2. The molecule has 1 saturated carbocycles. The lowest BCUT2D eigenvalue weighted by molar-refractivity contribution is -0.145. The maximum atomic E-state index is 14.3. The predicted molar refractivity (Wildman–Crippen MR) is 174 cm³/mol. The molecule has 1 aromatic carbocycles. The van der Waals surface area contributed by atoms with E-state index in [0.717, 1.165) is 24.8 Å². The van der Waals surface area contributed by atoms with Crippen molar-refractivity contribution in [2.75, 3.05) is 13.1 Å². The van der Waals surface area contributed by atoms with Crippen LogP contribution in [-0.2, 0) is 30.5 Å². The third-order valence-corrected chi connectivity index (χ3v) is 9.45. The van der Waals surface area contributed by atoms with Crippen LogP contribution in [0.25, 0.3) is 0 Å². The Hall–Kier alpha value is -3.93. The normalized spacial score (nSPS) is 30.6. The molecule has 6 atom stereocenters. The average molecular weight is 652 g/mol. The van der Waals surface area contributed by atoms with Gasteiger partial charge in [-0.25, -0.2) is 4.79 Å². The molecule has 1 aliphatic carbocycles. The van der Waals surface area contributed by atoms with Crippen molar-refractivity contribution < 1.29 is 33.8 Å². The number of likely N-dealkylation sites (tertiary alicyclic amines) is 1. The highest BCUT2D eigenvalue weighted by molar-refractivity contribution is 6.00. The number of aliphatic hydroxyl groups is 1. The van der Waals surface area contributed by atoms with E-state index in [-0.39, 0.29) is 30.7 Å². The summed E-state index contributed by atoms with van der Waals surface area (Å²) < 4.78 is 5.41. The number of hydrogen-bond donors (Lipinski definition) is 4. The van der Waals surface area contributed by atoms with Crippen LogP contribution >= 0.6 is 0 Å². The first-order chi connectivity index (χ1) is 22.4. The number of ether oxygens (including phenoxy) is 1. The highest BCUT2D eigenvalue weighted by atomic mass is 16.6. The van der Waals surface area contributed by atoms with Crippen LogP contribution in [0.2, 0.25) is 0 Å². The largest absolute Gasteiger partial charge is 0.444 e. The molecular weight excluding hydrogens is 602 g/mol. The first kappa shape index (κ1) is 34.4. The summed E-state index contributed by atoms with van der Waals surface area (Å²) in [5.74, 6) is -1.79. The summed E-state index contributed by atoms with van der Waals surface area (Å²) in [7, 11) is 0. The number of carbonyl (C=O) groups is 5. The number of rotatable bonds is 5. The first-order valence-corrected chi connectivity index (χ1v) is 17.0. The number of carbonyl (C=O) groups excluding carboxylic acids is 5. The molecule has 4 aliphatic rings. The number of amides is 5. The summed E-state index contributed by atoms with van der Waals surface area (Å²) in [5, 5.41) is 19.3. The molecule has 5 amide bonds. The van der Waals surface area contributed by atoms with Crippen molar-refractivity contribution in [2.45, 2.75) is 120 Å². The van der Waals surface area contributed by atoms with Crippen LogP contribution < -0.4 is 16.0 Å². The minimum absolute atomic E-state index is 0.00966. The maximum Gasteiger partial charge on any atom is 0.408 e. The molecule has 256 valence electrons. The Morgan fingerprint density at radius 2 is 1.83 bits per heavy atom. The third-order valence-electron chi connectivity index (χ3n) is 9.45. The maximum absolute atomic E-state index is 14.3. The van der Waals surface area contributed by atoms with Gasteiger partial charge in [0.05, 0.1) is 6.10 Å². The van der Waals surface area contributed by atoms with Gasteiger partial charge in [0.1, 0.15) is 29.3 Å². The number of alkyl carbamates (subject to hydrolysis) is 1. The van der Waals surface area contributed by atoms with Gasteiger partial charge in [-0.1, -0.05) is 55.3 Å². The van der Waals surface area contributed by atoms with Crippen molar-refractivity contribution in [3.05, 3.63) is 48.0 Å². The summed E-state index contributed by atoms with van der Waals surface area (Å²) in [4.78, 5) is 71.1. The van der Waals surface area contributed by atoms with Gasteiger partial charge in [-0.3, -0.25) is 19.2 Å². The molecule has 3 fully saturated rings. The standard InChI is InChI=1S/C35H49N5O7/c1-34(2,3)47-33(46)37-26-16-11-6-4-5-10-15-24-20-35(24,38-30(43)28-19-25(41)22-40(28)31(26)44)32(45)39-18-12-17-27(39)29(42)36-21-23-13-8-7-9-14-23/h7-10,13-15,24-28,41H,4-6,11-12,16-22H2,1-3H3,(H,36,42)(H,37,46)(H,38,43)/b15-10-/t24-,25-,26+,27-,28+,35-/m1/s1. The van der Waals surface area contributed by atoms with E-state index in [9.17, 15) is 29.1 Å². The second-order valence-electron chi connectivity index (χ2n) is 14.3. The monoisotopic (exact) mass is 651 g/mol. The minimum atomic E-state index is -1.24. The molecular formula is C35H49N5O7. The molecule has 1 aromatic rings. The first-order valence-electron chi connectivity index (χ1n) is 17.0. The Morgan fingerprint density at radius 3 is 2.57 bits per heavy atom. The predicted octanol–water partition coefficient (Wildman–Crippen LogP) is 2.54. The van der Waals surface area contributed by atoms with Crippen molar-refractivity contribution in [1.82, 2.24) is 25.8 Å². The fraction of sp³-hybridized carbons (Fsp3) is 0.629. The Balaban J connectivity index is 1.34. The lowest BCUT2D eigenvalue weighted by atomic mass is 10.0. The van der Waals surface area contributed by atoms with Crippen molar-refractivity contribution in [1.29, 1.82) is 0 Å². The third kappa shape index (κ3) is 8.33. The van der Waals surface area contributed by atoms with Crippen LogP contribution in [0.4, 0.5) is 4.79 Å². The Morgan fingerprint density at radius 1 is 1.06 bits per heavy atom. The van der Waals surface area contributed by atoms with Crippen LogP contribution in [0.15, 0.2) is 42.5 Å². The van der Waals surface area contributed by atoms with Crippen LogP contribution in [0, 0.1) is 5.92 Å². The van der Waals surface area contributed by atoms with E-state index in [0.29, 0.717) is 45.2 Å². The van der Waals surface area contributed by atoms with Crippen LogP contribution in [0.1, 0.15) is 84.1 Å². The van der Waals surface area contributed by atoms with Gasteiger partial charge in [-0.2, -0.15) is 0 Å². The Kier molecular flexibility index (Phi) is 10.6. The summed E-state index contributed by atoms with van der Waals surface area (Å²) in [6.45, 7) is 5.89. The molecule has 2 saturated heterocycles. The van der Waals surface area contributed by atoms with E-state index in [2.05, 4.69) is 16.0 Å². The van der Waals surface area contributed by atoms with E-state index >= 15 is 0 Å². The average Bonchev–Trinajstić information content (AvgIpc) is 3.32. The van der Waals surface area contributed by atoms with Crippen molar-refractivity contribution in [3.8, 4) is 0 Å². The van der Waals surface area contributed by atoms with E-state index in [1.165, 1.54) is 4.90 Å². The van der Waals surface area contributed by atoms with Crippen LogP contribution in [0.5, 0.6) is 0 Å². The van der Waals surface area contributed by atoms with Gasteiger partial charge in [0.2, 0.25) is 23.6 Å². The molecule has 4 N–H and O–H groups in total. The summed E-state index contributed by atoms with van der Waals surface area (Å²) >= 11 is 0.